The van der Waals surface area contributed by atoms with Gasteiger partial charge in [-0.25, -0.2) is 4.39 Å². The molecule has 0 saturated carbocycles. The largest absolute Gasteiger partial charge is 0.310 e. The van der Waals surface area contributed by atoms with E-state index in [0.29, 0.717) is 16.4 Å². The fourth-order valence-electron chi connectivity index (χ4n) is 1.95. The summed E-state index contributed by atoms with van der Waals surface area (Å²) in [6.07, 6.45) is 3.38. The molecule has 102 valence electrons. The summed E-state index contributed by atoms with van der Waals surface area (Å²) in [6.45, 7) is 7.63. The summed E-state index contributed by atoms with van der Waals surface area (Å²) >= 11 is 3.26. The molecule has 2 atom stereocenters. The Labute approximate surface area is 118 Å². The molecule has 0 aromatic heterocycles. The SMILES string of the molecule is CCCNC(CC(C)CC)c1ccc(F)c(Br)c1. The van der Waals surface area contributed by atoms with Crippen LogP contribution in [-0.4, -0.2) is 6.54 Å². The molecule has 0 heterocycles. The molecule has 0 aliphatic carbocycles. The summed E-state index contributed by atoms with van der Waals surface area (Å²) in [5.74, 6) is 0.472. The second-order valence-electron chi connectivity index (χ2n) is 4.93. The normalized spacial score (nSPS) is 14.5. The van der Waals surface area contributed by atoms with Crippen LogP contribution in [0.2, 0.25) is 0 Å². The summed E-state index contributed by atoms with van der Waals surface area (Å²) in [5.41, 5.74) is 1.16. The van der Waals surface area contributed by atoms with Crippen molar-refractivity contribution in [3.8, 4) is 0 Å². The van der Waals surface area contributed by atoms with Crippen LogP contribution >= 0.6 is 15.9 Å². The lowest BCUT2D eigenvalue weighted by Gasteiger charge is -2.22. The number of nitrogens with one attached hydrogen (secondary N) is 1. The van der Waals surface area contributed by atoms with Crippen LogP contribution in [0.3, 0.4) is 0 Å². The van der Waals surface area contributed by atoms with Gasteiger partial charge < -0.3 is 5.32 Å². The first-order chi connectivity index (χ1) is 8.58. The van der Waals surface area contributed by atoms with Gasteiger partial charge in [0.25, 0.3) is 0 Å². The Morgan fingerprint density at radius 2 is 2.06 bits per heavy atom. The number of benzene rings is 1. The maximum atomic E-state index is 13.3. The van der Waals surface area contributed by atoms with Crippen molar-refractivity contribution in [1.29, 1.82) is 0 Å². The molecule has 0 aliphatic heterocycles. The lowest BCUT2D eigenvalue weighted by atomic mass is 9.94. The zero-order valence-electron chi connectivity index (χ0n) is 11.5. The highest BCUT2D eigenvalue weighted by Gasteiger charge is 2.15. The van der Waals surface area contributed by atoms with Crippen LogP contribution in [0.5, 0.6) is 0 Å². The molecular formula is C15H23BrFN. The van der Waals surface area contributed by atoms with Crippen LogP contribution in [0.25, 0.3) is 0 Å². The highest BCUT2D eigenvalue weighted by atomic mass is 79.9. The first kappa shape index (κ1) is 15.6. The van der Waals surface area contributed by atoms with E-state index >= 15 is 0 Å². The number of hydrogen-bond donors (Lipinski definition) is 1. The molecule has 0 aliphatic rings. The zero-order chi connectivity index (χ0) is 13.5. The summed E-state index contributed by atoms with van der Waals surface area (Å²) in [7, 11) is 0. The van der Waals surface area contributed by atoms with Gasteiger partial charge in [0, 0.05) is 6.04 Å². The van der Waals surface area contributed by atoms with E-state index in [9.17, 15) is 4.39 Å². The molecule has 0 amide bonds. The van der Waals surface area contributed by atoms with Gasteiger partial charge in [-0.15, -0.1) is 0 Å². The van der Waals surface area contributed by atoms with E-state index in [-0.39, 0.29) is 5.82 Å². The van der Waals surface area contributed by atoms with E-state index in [0.717, 1.165) is 24.9 Å². The predicted octanol–water partition coefficient (Wildman–Crippen LogP) is 5.07. The Morgan fingerprint density at radius 3 is 2.61 bits per heavy atom. The van der Waals surface area contributed by atoms with Crippen LogP contribution in [0.15, 0.2) is 22.7 Å². The van der Waals surface area contributed by atoms with Gasteiger partial charge in [-0.05, 0) is 58.9 Å². The van der Waals surface area contributed by atoms with Crippen molar-refractivity contribution in [3.05, 3.63) is 34.1 Å². The molecule has 3 heteroatoms. The van der Waals surface area contributed by atoms with Gasteiger partial charge in [0.05, 0.1) is 4.47 Å². The van der Waals surface area contributed by atoms with Crippen molar-refractivity contribution < 1.29 is 4.39 Å². The van der Waals surface area contributed by atoms with Gasteiger partial charge in [0.1, 0.15) is 5.82 Å². The third-order valence-electron chi connectivity index (χ3n) is 3.32. The van der Waals surface area contributed by atoms with E-state index in [4.69, 9.17) is 0 Å². The second kappa shape index (κ2) is 7.90. The highest BCUT2D eigenvalue weighted by molar-refractivity contribution is 9.10. The Balaban J connectivity index is 2.82. The molecule has 1 rings (SSSR count). The van der Waals surface area contributed by atoms with Gasteiger partial charge in [-0.1, -0.05) is 33.3 Å². The summed E-state index contributed by atoms with van der Waals surface area (Å²) in [4.78, 5) is 0. The number of rotatable bonds is 7. The molecule has 1 aromatic carbocycles. The molecule has 0 radical (unpaired) electrons. The van der Waals surface area contributed by atoms with E-state index in [1.807, 2.05) is 12.1 Å². The van der Waals surface area contributed by atoms with Gasteiger partial charge in [-0.3, -0.25) is 0 Å². The molecule has 0 saturated heterocycles. The quantitative estimate of drug-likeness (QED) is 0.741. The molecule has 2 unspecified atom stereocenters. The standard InChI is InChI=1S/C15H23BrFN/c1-4-8-18-15(9-11(3)5-2)12-6-7-14(17)13(16)10-12/h6-7,10-11,15,18H,4-5,8-9H2,1-3H3. The van der Waals surface area contributed by atoms with Crippen LogP contribution in [-0.2, 0) is 0 Å². The maximum Gasteiger partial charge on any atom is 0.137 e. The van der Waals surface area contributed by atoms with Crippen molar-refractivity contribution in [2.45, 2.75) is 46.1 Å². The van der Waals surface area contributed by atoms with Gasteiger partial charge in [-0.2, -0.15) is 0 Å². The van der Waals surface area contributed by atoms with Crippen molar-refractivity contribution >= 4 is 15.9 Å². The summed E-state index contributed by atoms with van der Waals surface area (Å²) in [5, 5.41) is 3.55. The first-order valence-corrected chi connectivity index (χ1v) is 7.56. The molecule has 18 heavy (non-hydrogen) atoms. The van der Waals surface area contributed by atoms with Crippen molar-refractivity contribution in [1.82, 2.24) is 5.32 Å². The average molecular weight is 316 g/mol. The fraction of sp³-hybridized carbons (Fsp3) is 0.600. The summed E-state index contributed by atoms with van der Waals surface area (Å²) in [6, 6.07) is 5.63. The van der Waals surface area contributed by atoms with Gasteiger partial charge in [0.15, 0.2) is 0 Å². The monoisotopic (exact) mass is 315 g/mol. The molecule has 0 bridgehead atoms. The van der Waals surface area contributed by atoms with Crippen LogP contribution in [0.4, 0.5) is 4.39 Å². The van der Waals surface area contributed by atoms with E-state index in [1.54, 1.807) is 0 Å². The average Bonchev–Trinajstić information content (AvgIpc) is 2.37. The van der Waals surface area contributed by atoms with Gasteiger partial charge in [0.2, 0.25) is 0 Å². The number of halogens is 2. The third-order valence-corrected chi connectivity index (χ3v) is 3.93. The lowest BCUT2D eigenvalue weighted by molar-refractivity contribution is 0.402. The molecular weight excluding hydrogens is 293 g/mol. The lowest BCUT2D eigenvalue weighted by Crippen LogP contribution is -2.24. The molecule has 0 fully saturated rings. The van der Waals surface area contributed by atoms with E-state index in [1.165, 1.54) is 12.5 Å². The van der Waals surface area contributed by atoms with Crippen molar-refractivity contribution in [2.24, 2.45) is 5.92 Å². The molecule has 1 nitrogen and oxygen atoms in total. The van der Waals surface area contributed by atoms with E-state index in [2.05, 4.69) is 42.0 Å². The Morgan fingerprint density at radius 1 is 1.33 bits per heavy atom. The summed E-state index contributed by atoms with van der Waals surface area (Å²) < 4.78 is 13.8. The van der Waals surface area contributed by atoms with Crippen molar-refractivity contribution in [3.63, 3.8) is 0 Å². The Hall–Kier alpha value is -0.410. The molecule has 0 spiro atoms. The van der Waals surface area contributed by atoms with Crippen LogP contribution < -0.4 is 5.32 Å². The smallest absolute Gasteiger partial charge is 0.137 e. The number of hydrogen-bond acceptors (Lipinski definition) is 1. The van der Waals surface area contributed by atoms with Gasteiger partial charge >= 0.3 is 0 Å². The topological polar surface area (TPSA) is 12.0 Å². The Kier molecular flexibility index (Phi) is 6.87. The minimum atomic E-state index is -0.198. The second-order valence-corrected chi connectivity index (χ2v) is 5.78. The minimum absolute atomic E-state index is 0.198. The predicted molar refractivity (Wildman–Crippen MR) is 79.2 cm³/mol. The highest BCUT2D eigenvalue weighted by Crippen LogP contribution is 2.26. The van der Waals surface area contributed by atoms with Crippen LogP contribution in [0, 0.1) is 11.7 Å². The molecule has 1 N–H and O–H groups in total. The zero-order valence-corrected chi connectivity index (χ0v) is 13.1. The molecule has 1 aromatic rings. The maximum absolute atomic E-state index is 13.3. The van der Waals surface area contributed by atoms with E-state index < -0.39 is 0 Å². The Bertz CT molecular complexity index is 368. The minimum Gasteiger partial charge on any atom is -0.310 e. The first-order valence-electron chi connectivity index (χ1n) is 6.76. The fourth-order valence-corrected chi connectivity index (χ4v) is 2.35. The van der Waals surface area contributed by atoms with Crippen LogP contribution in [0.1, 0.15) is 51.6 Å². The third kappa shape index (κ3) is 4.69. The van der Waals surface area contributed by atoms with Crippen molar-refractivity contribution in [2.75, 3.05) is 6.54 Å².